The van der Waals surface area contributed by atoms with E-state index in [-0.39, 0.29) is 25.5 Å². The molecule has 0 aliphatic rings. The maximum absolute atomic E-state index is 6.41. The van der Waals surface area contributed by atoms with Crippen molar-refractivity contribution in [3.63, 3.8) is 0 Å². The minimum Gasteiger partial charge on any atom is -0.498 e. The number of hydrogen-bond donors (Lipinski definition) is 0. The molecule has 4 aromatic carbocycles. The summed E-state index contributed by atoms with van der Waals surface area (Å²) in [4.78, 5) is 13.8. The standard InChI is InChI=1S/C26H23N2O.C22H22N.Ir/c1-16-8-9-18-10-11-20-19-6-5-7-21(24(19)29-25(20)23(18)28-16)22-14-17(12-13-27-22)15-26(2,3)4;1-22(2,3)16-17-9-11-18(12-10-17)20-13-14-23-21(15-20)19-7-5-4-6-8-19;/h5-6,8-14H,15H2,1-4H3;4-7,9-15H,16H2,1-3H3;/q2*-1;. The van der Waals surface area contributed by atoms with Gasteiger partial charge in [-0.15, -0.1) is 54.1 Å². The number of fused-ring (bicyclic) bond motifs is 5. The smallest absolute Gasteiger partial charge is 0.147 e. The van der Waals surface area contributed by atoms with Gasteiger partial charge in [-0.2, -0.15) is 0 Å². The van der Waals surface area contributed by atoms with Crippen molar-refractivity contribution in [2.75, 3.05) is 0 Å². The Morgan fingerprint density at radius 2 is 1.30 bits per heavy atom. The molecule has 0 unspecified atom stereocenters. The van der Waals surface area contributed by atoms with Crippen LogP contribution in [0, 0.1) is 29.9 Å². The Balaban J connectivity index is 0.000000183. The molecule has 8 rings (SSSR count). The quantitative estimate of drug-likeness (QED) is 0.162. The van der Waals surface area contributed by atoms with Gasteiger partial charge in [0.1, 0.15) is 11.1 Å². The van der Waals surface area contributed by atoms with E-state index < -0.39 is 0 Å². The summed E-state index contributed by atoms with van der Waals surface area (Å²) in [5.74, 6) is 0. The first kappa shape index (κ1) is 37.8. The van der Waals surface area contributed by atoms with Crippen molar-refractivity contribution < 1.29 is 24.5 Å². The summed E-state index contributed by atoms with van der Waals surface area (Å²) in [6.07, 6.45) is 5.83. The summed E-state index contributed by atoms with van der Waals surface area (Å²) >= 11 is 0. The number of pyridine rings is 3. The molecule has 269 valence electrons. The van der Waals surface area contributed by atoms with Crippen LogP contribution in [-0.4, -0.2) is 15.0 Å². The molecule has 0 saturated carbocycles. The van der Waals surface area contributed by atoms with Crippen LogP contribution in [0.4, 0.5) is 0 Å². The maximum Gasteiger partial charge on any atom is 0.147 e. The number of hydrogen-bond acceptors (Lipinski definition) is 4. The zero-order chi connectivity index (χ0) is 36.5. The van der Waals surface area contributed by atoms with Crippen LogP contribution in [0.1, 0.15) is 58.4 Å². The molecule has 0 atom stereocenters. The fourth-order valence-corrected chi connectivity index (χ4v) is 6.74. The SMILES string of the molecule is CC(C)(C)Cc1ccc(-c2ccnc(-c3[c-]cccc3)c2)cc1.Cc1ccc2ccc3c4cc[c-]c(-c5cc(CC(C)(C)C)ccn5)c4oc3c2n1.[Ir]. The molecule has 0 N–H and O–H groups in total. The summed E-state index contributed by atoms with van der Waals surface area (Å²) in [5.41, 5.74) is 12.9. The fourth-order valence-electron chi connectivity index (χ4n) is 6.74. The number of rotatable bonds is 5. The number of nitrogens with zero attached hydrogens (tertiary/aromatic N) is 3. The Morgan fingerprint density at radius 3 is 2.04 bits per heavy atom. The third-order valence-electron chi connectivity index (χ3n) is 8.98. The molecular formula is C48H45IrN3O-2. The first-order valence-electron chi connectivity index (χ1n) is 18.0. The summed E-state index contributed by atoms with van der Waals surface area (Å²) in [6, 6.07) is 44.2. The van der Waals surface area contributed by atoms with Crippen molar-refractivity contribution in [1.82, 2.24) is 15.0 Å². The van der Waals surface area contributed by atoms with E-state index in [1.165, 1.54) is 22.3 Å². The van der Waals surface area contributed by atoms with Gasteiger partial charge in [0.05, 0.1) is 5.58 Å². The van der Waals surface area contributed by atoms with Crippen LogP contribution >= 0.6 is 0 Å². The summed E-state index contributed by atoms with van der Waals surface area (Å²) < 4.78 is 6.41. The second kappa shape index (κ2) is 15.6. The van der Waals surface area contributed by atoms with Crippen molar-refractivity contribution in [3.05, 3.63) is 151 Å². The van der Waals surface area contributed by atoms with Gasteiger partial charge in [0.15, 0.2) is 0 Å². The largest absolute Gasteiger partial charge is 0.498 e. The molecular weight excluding hydrogens is 827 g/mol. The average molecular weight is 872 g/mol. The minimum atomic E-state index is 0. The topological polar surface area (TPSA) is 51.8 Å². The third-order valence-corrected chi connectivity index (χ3v) is 8.98. The molecule has 0 aliphatic carbocycles. The van der Waals surface area contributed by atoms with Gasteiger partial charge in [-0.25, -0.2) is 4.98 Å². The monoisotopic (exact) mass is 872 g/mol. The van der Waals surface area contributed by atoms with E-state index in [0.717, 1.165) is 73.9 Å². The zero-order valence-electron chi connectivity index (χ0n) is 31.5. The summed E-state index contributed by atoms with van der Waals surface area (Å²) in [5, 5.41) is 3.23. The first-order chi connectivity index (χ1) is 24.9. The van der Waals surface area contributed by atoms with Gasteiger partial charge in [0.25, 0.3) is 0 Å². The van der Waals surface area contributed by atoms with E-state index in [4.69, 9.17) is 9.40 Å². The third kappa shape index (κ3) is 8.99. The van der Waals surface area contributed by atoms with Crippen LogP contribution in [0.15, 0.2) is 126 Å². The molecule has 0 fully saturated rings. The molecule has 1 radical (unpaired) electrons. The van der Waals surface area contributed by atoms with E-state index in [1.807, 2.05) is 55.7 Å². The Morgan fingerprint density at radius 1 is 0.604 bits per heavy atom. The second-order valence-corrected chi connectivity index (χ2v) is 16.1. The molecule has 53 heavy (non-hydrogen) atoms. The van der Waals surface area contributed by atoms with Gasteiger partial charge in [0, 0.05) is 49.0 Å². The number of furan rings is 1. The van der Waals surface area contributed by atoms with E-state index in [9.17, 15) is 0 Å². The Bertz CT molecular complexity index is 2490. The predicted octanol–water partition coefficient (Wildman–Crippen LogP) is 12.7. The molecule has 5 heteroatoms. The normalized spacial score (nSPS) is 11.7. The Kier molecular flexibility index (Phi) is 11.1. The molecule has 0 aliphatic heterocycles. The van der Waals surface area contributed by atoms with Gasteiger partial charge in [-0.05, 0) is 76.9 Å². The van der Waals surface area contributed by atoms with Crippen LogP contribution in [0.3, 0.4) is 0 Å². The van der Waals surface area contributed by atoms with E-state index in [2.05, 4.69) is 136 Å². The Labute approximate surface area is 327 Å². The van der Waals surface area contributed by atoms with Crippen LogP contribution < -0.4 is 0 Å². The van der Waals surface area contributed by atoms with Crippen LogP contribution in [0.25, 0.3) is 66.5 Å². The molecule has 4 heterocycles. The molecule has 0 amide bonds. The number of aromatic nitrogens is 3. The van der Waals surface area contributed by atoms with Crippen molar-refractivity contribution in [2.24, 2.45) is 10.8 Å². The zero-order valence-corrected chi connectivity index (χ0v) is 33.9. The van der Waals surface area contributed by atoms with Crippen molar-refractivity contribution in [3.8, 4) is 33.6 Å². The van der Waals surface area contributed by atoms with Gasteiger partial charge >= 0.3 is 0 Å². The van der Waals surface area contributed by atoms with Crippen LogP contribution in [0.5, 0.6) is 0 Å². The molecule has 0 spiro atoms. The Hall–Kier alpha value is -4.96. The van der Waals surface area contributed by atoms with Gasteiger partial charge in [-0.3, -0.25) is 0 Å². The van der Waals surface area contributed by atoms with Crippen LogP contribution in [0.2, 0.25) is 0 Å². The molecule has 0 saturated heterocycles. The van der Waals surface area contributed by atoms with Crippen molar-refractivity contribution >= 4 is 32.8 Å². The van der Waals surface area contributed by atoms with E-state index in [0.29, 0.717) is 5.41 Å². The predicted molar refractivity (Wildman–Crippen MR) is 216 cm³/mol. The number of aryl methyl sites for hydroxylation is 1. The van der Waals surface area contributed by atoms with Gasteiger partial charge < -0.3 is 14.4 Å². The molecule has 8 aromatic rings. The number of benzene rings is 4. The summed E-state index contributed by atoms with van der Waals surface area (Å²) in [7, 11) is 0. The fraction of sp³-hybridized carbons (Fsp3) is 0.229. The summed E-state index contributed by atoms with van der Waals surface area (Å²) in [6.45, 7) is 15.6. The van der Waals surface area contributed by atoms with Crippen LogP contribution in [-0.2, 0) is 32.9 Å². The van der Waals surface area contributed by atoms with E-state index in [1.54, 1.807) is 0 Å². The van der Waals surface area contributed by atoms with Gasteiger partial charge in [0.2, 0.25) is 0 Å². The second-order valence-electron chi connectivity index (χ2n) is 16.1. The minimum absolute atomic E-state index is 0. The molecule has 4 nitrogen and oxygen atoms in total. The maximum atomic E-state index is 6.41. The average Bonchev–Trinajstić information content (AvgIpc) is 3.51. The molecule has 0 bridgehead atoms. The van der Waals surface area contributed by atoms with Crippen molar-refractivity contribution in [1.29, 1.82) is 0 Å². The first-order valence-corrected chi connectivity index (χ1v) is 18.0. The van der Waals surface area contributed by atoms with Crippen molar-refractivity contribution in [2.45, 2.75) is 61.3 Å². The van der Waals surface area contributed by atoms with E-state index >= 15 is 0 Å². The molecule has 4 aromatic heterocycles. The van der Waals surface area contributed by atoms with Gasteiger partial charge in [-0.1, -0.05) is 113 Å².